The molecule has 0 spiro atoms. The zero-order chi connectivity index (χ0) is 12.9. The molecular formula is C12H25AgN2O2+. The van der Waals surface area contributed by atoms with Gasteiger partial charge in [0.25, 0.3) is 0 Å². The van der Waals surface area contributed by atoms with Crippen LogP contribution in [0.15, 0.2) is 6.33 Å². The molecule has 1 radical (unpaired) electrons. The van der Waals surface area contributed by atoms with E-state index in [4.69, 9.17) is 10.2 Å². The summed E-state index contributed by atoms with van der Waals surface area (Å²) in [6, 6.07) is 0. The molecule has 0 fully saturated rings. The summed E-state index contributed by atoms with van der Waals surface area (Å²) in [5.41, 5.74) is 2.66. The number of aliphatic hydroxyl groups excluding tert-OH is 2. The summed E-state index contributed by atoms with van der Waals surface area (Å²) in [4.78, 5) is 0. The van der Waals surface area contributed by atoms with E-state index in [1.165, 1.54) is 11.4 Å². The van der Waals surface area contributed by atoms with Crippen molar-refractivity contribution in [2.24, 2.45) is 14.1 Å². The van der Waals surface area contributed by atoms with Gasteiger partial charge in [0.2, 0.25) is 0 Å². The van der Waals surface area contributed by atoms with Crippen LogP contribution in [0.5, 0.6) is 0 Å². The molecule has 0 bridgehead atoms. The average molecular weight is 337 g/mol. The second-order valence-electron chi connectivity index (χ2n) is 4.44. The Kier molecular flexibility index (Phi) is 10.0. The van der Waals surface area contributed by atoms with Crippen molar-refractivity contribution in [3.05, 3.63) is 17.7 Å². The van der Waals surface area contributed by atoms with E-state index in [-0.39, 0.29) is 34.6 Å². The minimum atomic E-state index is -0.375. The van der Waals surface area contributed by atoms with Crippen molar-refractivity contribution in [2.75, 3.05) is 0 Å². The van der Waals surface area contributed by atoms with E-state index in [1.54, 1.807) is 13.8 Å². The molecule has 5 heteroatoms. The maximum atomic E-state index is 8.56. The quantitative estimate of drug-likeness (QED) is 0.633. The van der Waals surface area contributed by atoms with E-state index < -0.39 is 0 Å². The van der Waals surface area contributed by atoms with Crippen LogP contribution in [0.1, 0.15) is 31.7 Å². The molecule has 0 saturated carbocycles. The summed E-state index contributed by atoms with van der Waals surface area (Å²) in [5.74, 6) is 0. The molecule has 0 aliphatic rings. The van der Waals surface area contributed by atoms with Crippen LogP contribution in [0, 0.1) is 13.8 Å². The van der Waals surface area contributed by atoms with E-state index in [0.717, 1.165) is 0 Å². The van der Waals surface area contributed by atoms with Gasteiger partial charge in [-0.3, -0.25) is 0 Å². The number of aryl methyl sites for hydroxylation is 2. The van der Waals surface area contributed by atoms with E-state index in [2.05, 4.69) is 43.4 Å². The number of hydrogen-bond acceptors (Lipinski definition) is 2. The van der Waals surface area contributed by atoms with E-state index in [0.29, 0.717) is 6.42 Å². The number of aromatic nitrogens is 2. The molecule has 0 aromatic carbocycles. The standard InChI is InChI=1S/C7H13N2.C5H12O2.Ag/c1-6-7(2)9(4)5-8(6)3;1-4(6)3-5(2)7;/h5H,1-4H3;4-7H,3H2,1-2H3;/q+1;;. The molecule has 1 aromatic rings. The topological polar surface area (TPSA) is 50.3 Å². The van der Waals surface area contributed by atoms with Gasteiger partial charge in [-0.25, -0.2) is 9.13 Å². The Bertz CT molecular complexity index is 294. The Balaban J connectivity index is 0. The van der Waals surface area contributed by atoms with Gasteiger partial charge in [-0.05, 0) is 20.3 Å². The normalized spacial score (nSPS) is 13.2. The van der Waals surface area contributed by atoms with E-state index in [9.17, 15) is 0 Å². The molecule has 2 N–H and O–H groups in total. The molecule has 0 amide bonds. The number of imidazole rings is 1. The Morgan fingerprint density at radius 2 is 1.29 bits per heavy atom. The summed E-state index contributed by atoms with van der Waals surface area (Å²) >= 11 is 0. The number of hydrogen-bond donors (Lipinski definition) is 2. The third-order valence-electron chi connectivity index (χ3n) is 2.61. The number of rotatable bonds is 2. The fourth-order valence-electron chi connectivity index (χ4n) is 1.44. The zero-order valence-electron chi connectivity index (χ0n) is 11.5. The van der Waals surface area contributed by atoms with Gasteiger partial charge in [-0.1, -0.05) is 0 Å². The van der Waals surface area contributed by atoms with E-state index >= 15 is 0 Å². The summed E-state index contributed by atoms with van der Waals surface area (Å²) < 4.78 is 4.24. The molecule has 2 atom stereocenters. The van der Waals surface area contributed by atoms with Crippen molar-refractivity contribution in [1.29, 1.82) is 0 Å². The molecule has 105 valence electrons. The Labute approximate surface area is 120 Å². The van der Waals surface area contributed by atoms with Crippen LogP contribution in [-0.4, -0.2) is 31.6 Å². The first-order valence-electron chi connectivity index (χ1n) is 5.60. The SMILES string of the molecule is CC(O)CC(C)O.Cc1c(C)n(C)[cH+]n1C.[Ag]. The van der Waals surface area contributed by atoms with Crippen LogP contribution < -0.4 is 0 Å². The molecule has 1 aromatic heterocycles. The van der Waals surface area contributed by atoms with Crippen molar-refractivity contribution < 1.29 is 32.6 Å². The van der Waals surface area contributed by atoms with Gasteiger partial charge in [-0.2, -0.15) is 0 Å². The molecule has 0 saturated heterocycles. The Morgan fingerprint density at radius 3 is 1.35 bits per heavy atom. The smallest absolute Gasteiger partial charge is 0.177 e. The predicted molar refractivity (Wildman–Crippen MR) is 66.2 cm³/mol. The fourth-order valence-corrected chi connectivity index (χ4v) is 1.44. The summed E-state index contributed by atoms with van der Waals surface area (Å²) in [7, 11) is 4.12. The third-order valence-corrected chi connectivity index (χ3v) is 2.61. The van der Waals surface area contributed by atoms with Crippen molar-refractivity contribution in [3.63, 3.8) is 0 Å². The largest absolute Gasteiger partial charge is 0.393 e. The van der Waals surface area contributed by atoms with Crippen LogP contribution in [0.2, 0.25) is 0 Å². The molecule has 0 aliphatic carbocycles. The first-order valence-corrected chi connectivity index (χ1v) is 5.60. The van der Waals surface area contributed by atoms with Crippen molar-refractivity contribution in [3.8, 4) is 0 Å². The van der Waals surface area contributed by atoms with Crippen LogP contribution in [0.4, 0.5) is 0 Å². The van der Waals surface area contributed by atoms with Crippen LogP contribution >= 0.6 is 0 Å². The number of nitrogens with zero attached hydrogens (tertiary/aromatic N) is 2. The predicted octanol–water partition coefficient (Wildman–Crippen LogP) is 1.40. The van der Waals surface area contributed by atoms with Crippen molar-refractivity contribution >= 4 is 0 Å². The van der Waals surface area contributed by atoms with Gasteiger partial charge >= 0.3 is 0 Å². The van der Waals surface area contributed by atoms with Crippen molar-refractivity contribution in [2.45, 2.75) is 46.3 Å². The molecule has 4 nitrogen and oxygen atoms in total. The Hall–Kier alpha value is -0.130. The fraction of sp³-hybridized carbons (Fsp3) is 0.750. The monoisotopic (exact) mass is 336 g/mol. The average Bonchev–Trinajstić information content (AvgIpc) is 2.32. The van der Waals surface area contributed by atoms with Gasteiger partial charge in [-0.15, -0.1) is 0 Å². The first-order chi connectivity index (χ1) is 7.25. The molecule has 1 heterocycles. The van der Waals surface area contributed by atoms with E-state index in [1.807, 2.05) is 0 Å². The molecule has 0 aliphatic heterocycles. The second kappa shape index (κ2) is 8.89. The van der Waals surface area contributed by atoms with Gasteiger partial charge in [0.05, 0.1) is 12.2 Å². The maximum absolute atomic E-state index is 8.56. The summed E-state index contributed by atoms with van der Waals surface area (Å²) in [6.07, 6.45) is 1.80. The molecule has 1 rings (SSSR count). The molecule has 2 unspecified atom stereocenters. The van der Waals surface area contributed by atoms with Gasteiger partial charge in [0.1, 0.15) is 0 Å². The maximum Gasteiger partial charge on any atom is 0.177 e. The van der Waals surface area contributed by atoms with Gasteiger partial charge in [0.15, 0.2) is 17.7 Å². The van der Waals surface area contributed by atoms with Gasteiger partial charge < -0.3 is 10.2 Å². The Morgan fingerprint density at radius 1 is 1.00 bits per heavy atom. The molecular weight excluding hydrogens is 312 g/mol. The number of aliphatic hydroxyl groups is 2. The second-order valence-corrected chi connectivity index (χ2v) is 4.44. The first kappa shape index (κ1) is 19.2. The minimum Gasteiger partial charge on any atom is -0.393 e. The zero-order valence-corrected chi connectivity index (χ0v) is 13.0. The summed E-state index contributed by atoms with van der Waals surface area (Å²) in [5, 5.41) is 17.1. The third kappa shape index (κ3) is 7.73. The minimum absolute atomic E-state index is 0. The van der Waals surface area contributed by atoms with Crippen LogP contribution in [0.3, 0.4) is 0 Å². The van der Waals surface area contributed by atoms with Gasteiger partial charge in [0, 0.05) is 50.3 Å². The molecule has 17 heavy (non-hydrogen) atoms. The van der Waals surface area contributed by atoms with Crippen LogP contribution in [-0.2, 0) is 36.5 Å². The van der Waals surface area contributed by atoms with Crippen molar-refractivity contribution in [1.82, 2.24) is 9.13 Å². The summed E-state index contributed by atoms with van der Waals surface area (Å²) in [6.45, 7) is 7.56. The van der Waals surface area contributed by atoms with Crippen LogP contribution in [0.25, 0.3) is 0 Å².